The Kier molecular flexibility index (Phi) is 7.39. The van der Waals surface area contributed by atoms with Crippen molar-refractivity contribution >= 4 is 71.3 Å². The third-order valence-electron chi connectivity index (χ3n) is 13.0. The van der Waals surface area contributed by atoms with Crippen molar-refractivity contribution in [2.45, 2.75) is 12.0 Å². The molecule has 14 rings (SSSR count). The maximum atomic E-state index is 6.73. The number of aromatic nitrogens is 4. The highest BCUT2D eigenvalue weighted by molar-refractivity contribution is 6.14. The molecule has 0 saturated heterocycles. The van der Waals surface area contributed by atoms with Crippen LogP contribution in [0.5, 0.6) is 5.75 Å². The quantitative estimate of drug-likeness (QED) is 0.172. The van der Waals surface area contributed by atoms with E-state index in [1.807, 2.05) is 60.7 Å². The van der Waals surface area contributed by atoms with Gasteiger partial charge in [0.25, 0.3) is 0 Å². The highest BCUT2D eigenvalue weighted by Gasteiger charge is 2.39. The summed E-state index contributed by atoms with van der Waals surface area (Å²) < 4.78 is 21.8. The van der Waals surface area contributed by atoms with Crippen LogP contribution in [-0.2, 0) is 0 Å². The first-order valence-electron chi connectivity index (χ1n) is 21.6. The van der Waals surface area contributed by atoms with Gasteiger partial charge in [-0.1, -0.05) is 121 Å². The van der Waals surface area contributed by atoms with Crippen LogP contribution in [0.3, 0.4) is 0 Å². The number of ether oxygens (including phenoxy) is 1. The number of benzene rings is 8. The Bertz CT molecular complexity index is 3830. The summed E-state index contributed by atoms with van der Waals surface area (Å²) in [4.78, 5) is 16.1. The van der Waals surface area contributed by atoms with Gasteiger partial charge in [0.2, 0.25) is 0 Å². The minimum absolute atomic E-state index is 0.164. The average Bonchev–Trinajstić information content (AvgIpc) is 4.12. The third-order valence-corrected chi connectivity index (χ3v) is 13.0. The molecule has 1 aliphatic heterocycles. The molecule has 0 radical (unpaired) electrons. The van der Waals surface area contributed by atoms with E-state index in [0.29, 0.717) is 17.5 Å². The lowest BCUT2D eigenvalue weighted by atomic mass is 9.83. The molecule has 5 heterocycles. The molecule has 1 aliphatic carbocycles. The Balaban J connectivity index is 0.944. The third kappa shape index (κ3) is 5.18. The lowest BCUT2D eigenvalue weighted by Gasteiger charge is -2.22. The zero-order valence-electron chi connectivity index (χ0n) is 34.1. The molecule has 0 bridgehead atoms. The minimum Gasteiger partial charge on any atom is -0.485 e. The molecule has 12 aromatic rings. The van der Waals surface area contributed by atoms with Gasteiger partial charge in [-0.3, -0.25) is 0 Å². The summed E-state index contributed by atoms with van der Waals surface area (Å²) in [6, 6.07) is 61.0. The second kappa shape index (κ2) is 13.5. The normalized spacial score (nSPS) is 15.7. The average molecular weight is 823 g/mol. The second-order valence-electron chi connectivity index (χ2n) is 16.6. The van der Waals surface area contributed by atoms with Gasteiger partial charge in [-0.2, -0.15) is 0 Å². The van der Waals surface area contributed by atoms with Crippen molar-refractivity contribution in [3.63, 3.8) is 0 Å². The number of furan rings is 2. The van der Waals surface area contributed by atoms with Gasteiger partial charge < -0.3 is 18.1 Å². The van der Waals surface area contributed by atoms with E-state index in [9.17, 15) is 0 Å². The highest BCUT2D eigenvalue weighted by Crippen LogP contribution is 2.50. The van der Waals surface area contributed by atoms with Gasteiger partial charge in [-0.05, 0) is 83.9 Å². The van der Waals surface area contributed by atoms with Gasteiger partial charge in [-0.25, -0.2) is 15.0 Å². The standard InChI is InChI=1S/C57H34N4O3/c1-2-13-35(14-3-1)61-44-21-7-4-15-36(44)42-31-33(27-29-45(42)61)34-28-30-48-43(32-34)54-41(20-12-26-51(54)64-48)57-59-55(39-18-10-24-49-52(39)37-16-5-8-22-46(37)62-49)58-56(60-57)40-19-11-25-50-53(40)38-17-6-9-23-47(38)63-50/h1-32,51,54H. The summed E-state index contributed by atoms with van der Waals surface area (Å²) in [6.45, 7) is 0. The minimum atomic E-state index is -0.234. The van der Waals surface area contributed by atoms with Crippen LogP contribution in [0.2, 0.25) is 0 Å². The first-order valence-corrected chi connectivity index (χ1v) is 21.6. The van der Waals surface area contributed by atoms with Crippen LogP contribution in [0, 0.1) is 0 Å². The van der Waals surface area contributed by atoms with E-state index in [-0.39, 0.29) is 12.0 Å². The monoisotopic (exact) mass is 822 g/mol. The number of rotatable bonds is 5. The Morgan fingerprint density at radius 3 is 1.75 bits per heavy atom. The zero-order valence-corrected chi connectivity index (χ0v) is 34.1. The lowest BCUT2D eigenvalue weighted by Crippen LogP contribution is -2.20. The largest absolute Gasteiger partial charge is 0.485 e. The van der Waals surface area contributed by atoms with E-state index in [4.69, 9.17) is 28.5 Å². The van der Waals surface area contributed by atoms with Gasteiger partial charge in [0.1, 0.15) is 34.2 Å². The molecule has 7 heteroatoms. The number of nitrogens with zero attached hydrogens (tertiary/aromatic N) is 4. The van der Waals surface area contributed by atoms with E-state index >= 15 is 0 Å². The smallest absolute Gasteiger partial charge is 0.164 e. The molecule has 2 unspecified atom stereocenters. The molecule has 8 aromatic carbocycles. The molecule has 0 spiro atoms. The van der Waals surface area contributed by atoms with Crippen molar-refractivity contribution in [2.75, 3.05) is 0 Å². The molecule has 64 heavy (non-hydrogen) atoms. The maximum absolute atomic E-state index is 6.73. The van der Waals surface area contributed by atoms with E-state index in [1.165, 1.54) is 21.8 Å². The predicted octanol–water partition coefficient (Wildman–Crippen LogP) is 14.3. The molecule has 2 atom stereocenters. The Hall–Kier alpha value is -8.55. The summed E-state index contributed by atoms with van der Waals surface area (Å²) in [5.74, 6) is 2.40. The lowest BCUT2D eigenvalue weighted by molar-refractivity contribution is 0.271. The summed E-state index contributed by atoms with van der Waals surface area (Å²) in [7, 11) is 0. The van der Waals surface area contributed by atoms with Gasteiger partial charge in [0.05, 0.1) is 17.0 Å². The van der Waals surface area contributed by atoms with Crippen molar-refractivity contribution in [1.29, 1.82) is 0 Å². The van der Waals surface area contributed by atoms with Crippen LogP contribution >= 0.6 is 0 Å². The Labute approximate surface area is 365 Å². The molecule has 0 N–H and O–H groups in total. The summed E-state index contributed by atoms with van der Waals surface area (Å²) >= 11 is 0. The number of hydrogen-bond donors (Lipinski definition) is 0. The van der Waals surface area contributed by atoms with Crippen LogP contribution < -0.4 is 4.74 Å². The number of hydrogen-bond acceptors (Lipinski definition) is 6. The molecule has 300 valence electrons. The van der Waals surface area contributed by atoms with Crippen LogP contribution in [0.1, 0.15) is 17.3 Å². The number of para-hydroxylation sites is 4. The molecule has 0 fully saturated rings. The molecule has 7 nitrogen and oxygen atoms in total. The summed E-state index contributed by atoms with van der Waals surface area (Å²) in [6.07, 6.45) is 6.11. The highest BCUT2D eigenvalue weighted by atomic mass is 16.5. The van der Waals surface area contributed by atoms with Crippen LogP contribution in [0.4, 0.5) is 0 Å². The molecular weight excluding hydrogens is 789 g/mol. The maximum Gasteiger partial charge on any atom is 0.164 e. The van der Waals surface area contributed by atoms with Crippen molar-refractivity contribution in [3.05, 3.63) is 206 Å². The molecule has 2 aliphatic rings. The van der Waals surface area contributed by atoms with Crippen LogP contribution in [0.25, 0.3) is 111 Å². The molecule has 4 aromatic heterocycles. The van der Waals surface area contributed by atoms with Crippen LogP contribution in [0.15, 0.2) is 203 Å². The fourth-order valence-electron chi connectivity index (χ4n) is 10.2. The van der Waals surface area contributed by atoms with Crippen LogP contribution in [-0.4, -0.2) is 25.6 Å². The van der Waals surface area contributed by atoms with Gasteiger partial charge >= 0.3 is 0 Å². The van der Waals surface area contributed by atoms with Gasteiger partial charge in [-0.15, -0.1) is 0 Å². The summed E-state index contributed by atoms with van der Waals surface area (Å²) in [5.41, 5.74) is 12.7. The molecule has 0 amide bonds. The van der Waals surface area contributed by atoms with Crippen molar-refractivity contribution in [3.8, 4) is 45.3 Å². The topological polar surface area (TPSA) is 79.1 Å². The fourth-order valence-corrected chi connectivity index (χ4v) is 10.2. The SMILES string of the molecule is C1=CC2Oc3ccc(-c4ccc5c(c4)c4ccccc4n5-c4ccccc4)cc3C2C(c2nc(-c3cccc4oc5ccccc5c34)nc(-c3cccc4oc5ccccc5c34)n2)=C1. The Morgan fingerprint density at radius 2 is 1.03 bits per heavy atom. The van der Waals surface area contributed by atoms with E-state index in [0.717, 1.165) is 88.7 Å². The van der Waals surface area contributed by atoms with E-state index in [1.54, 1.807) is 0 Å². The Morgan fingerprint density at radius 1 is 0.453 bits per heavy atom. The van der Waals surface area contributed by atoms with Crippen molar-refractivity contribution in [1.82, 2.24) is 19.5 Å². The molecule has 0 saturated carbocycles. The van der Waals surface area contributed by atoms with E-state index in [2.05, 4.69) is 138 Å². The summed E-state index contributed by atoms with van der Waals surface area (Å²) in [5, 5.41) is 6.37. The number of fused-ring (bicyclic) bond motifs is 12. The first-order chi connectivity index (χ1) is 31.7. The zero-order chi connectivity index (χ0) is 41.9. The van der Waals surface area contributed by atoms with Crippen molar-refractivity contribution < 1.29 is 13.6 Å². The first kappa shape index (κ1) is 35.1. The predicted molar refractivity (Wildman–Crippen MR) is 256 cm³/mol. The van der Waals surface area contributed by atoms with Crippen molar-refractivity contribution in [2.24, 2.45) is 0 Å². The fraction of sp³-hybridized carbons (Fsp3) is 0.0351. The number of allylic oxidation sites excluding steroid dienone is 2. The van der Waals surface area contributed by atoms with Gasteiger partial charge in [0, 0.05) is 60.3 Å². The van der Waals surface area contributed by atoms with Gasteiger partial charge in [0.15, 0.2) is 17.5 Å². The second-order valence-corrected chi connectivity index (χ2v) is 16.6. The molecular formula is C57H34N4O3. The van der Waals surface area contributed by atoms with E-state index < -0.39 is 0 Å².